The zero-order chi connectivity index (χ0) is 13.8. The molecule has 1 aromatic heterocycles. The lowest BCUT2D eigenvalue weighted by Crippen LogP contribution is -2.00. The van der Waals surface area contributed by atoms with Gasteiger partial charge in [0.15, 0.2) is 5.75 Å². The van der Waals surface area contributed by atoms with Crippen LogP contribution in [0.3, 0.4) is 0 Å². The Morgan fingerprint density at radius 2 is 2.05 bits per heavy atom. The molecule has 3 N–H and O–H groups in total. The molecular formula is C13H13N3O3. The molecule has 0 fully saturated rings. The molecule has 0 aliphatic heterocycles. The molecule has 6 heteroatoms. The zero-order valence-corrected chi connectivity index (χ0v) is 10.3. The average molecular weight is 259 g/mol. The fraction of sp³-hybridized carbons (Fsp3) is 0.154. The van der Waals surface area contributed by atoms with Crippen LogP contribution in [0.1, 0.15) is 11.3 Å². The van der Waals surface area contributed by atoms with E-state index in [1.54, 1.807) is 31.2 Å². The highest BCUT2D eigenvalue weighted by molar-refractivity contribution is 5.70. The summed E-state index contributed by atoms with van der Waals surface area (Å²) in [4.78, 5) is 18.4. The number of nitrogens with two attached hydrogens (primary N) is 1. The molecule has 0 spiro atoms. The van der Waals surface area contributed by atoms with E-state index in [2.05, 4.69) is 9.97 Å². The van der Waals surface area contributed by atoms with Crippen molar-refractivity contribution in [1.29, 1.82) is 0 Å². The number of carboxylic acid groups (broad SMARTS) is 1. The van der Waals surface area contributed by atoms with Crippen molar-refractivity contribution in [3.8, 4) is 11.5 Å². The second-order valence-corrected chi connectivity index (χ2v) is 3.99. The fourth-order valence-corrected chi connectivity index (χ4v) is 1.55. The van der Waals surface area contributed by atoms with Gasteiger partial charge in [-0.15, -0.1) is 0 Å². The molecule has 1 aromatic carbocycles. The quantitative estimate of drug-likeness (QED) is 0.868. The Labute approximate surface area is 109 Å². The van der Waals surface area contributed by atoms with Gasteiger partial charge in [0.25, 0.3) is 0 Å². The first-order valence-corrected chi connectivity index (χ1v) is 5.62. The van der Waals surface area contributed by atoms with Gasteiger partial charge in [0, 0.05) is 0 Å². The smallest absolute Gasteiger partial charge is 0.307 e. The minimum Gasteiger partial charge on any atom is -0.481 e. The van der Waals surface area contributed by atoms with Gasteiger partial charge in [-0.1, -0.05) is 12.1 Å². The second-order valence-electron chi connectivity index (χ2n) is 3.99. The number of aryl methyl sites for hydroxylation is 1. The Morgan fingerprint density at radius 3 is 2.63 bits per heavy atom. The van der Waals surface area contributed by atoms with Crippen molar-refractivity contribution in [1.82, 2.24) is 9.97 Å². The molecule has 6 nitrogen and oxygen atoms in total. The van der Waals surface area contributed by atoms with Crippen LogP contribution in [0.15, 0.2) is 30.5 Å². The molecule has 0 saturated carbocycles. The van der Waals surface area contributed by atoms with Crippen LogP contribution in [-0.4, -0.2) is 21.0 Å². The Morgan fingerprint density at radius 1 is 1.37 bits per heavy atom. The maximum absolute atomic E-state index is 10.6. The van der Waals surface area contributed by atoms with Gasteiger partial charge in [0.05, 0.1) is 18.3 Å². The highest BCUT2D eigenvalue weighted by Crippen LogP contribution is 2.23. The van der Waals surface area contributed by atoms with Crippen molar-refractivity contribution >= 4 is 11.9 Å². The molecule has 0 atom stereocenters. The maximum Gasteiger partial charge on any atom is 0.307 e. The third-order valence-corrected chi connectivity index (χ3v) is 2.46. The zero-order valence-electron chi connectivity index (χ0n) is 10.3. The highest BCUT2D eigenvalue weighted by atomic mass is 16.5. The molecule has 2 rings (SSSR count). The molecule has 0 amide bonds. The van der Waals surface area contributed by atoms with E-state index in [-0.39, 0.29) is 12.4 Å². The van der Waals surface area contributed by atoms with E-state index in [0.717, 1.165) is 0 Å². The van der Waals surface area contributed by atoms with E-state index in [4.69, 9.17) is 15.6 Å². The van der Waals surface area contributed by atoms with E-state index in [0.29, 0.717) is 22.8 Å². The number of aromatic nitrogens is 2. The summed E-state index contributed by atoms with van der Waals surface area (Å²) in [6, 6.07) is 6.82. The standard InChI is InChI=1S/C13H13N3O3/c1-8-11(7-15-13(14)16-8)19-10-4-2-9(3-5-10)6-12(17)18/h2-5,7H,6H2,1H3,(H,17,18)(H2,14,15,16). The second kappa shape index (κ2) is 5.34. The van der Waals surface area contributed by atoms with Crippen molar-refractivity contribution in [2.24, 2.45) is 0 Å². The summed E-state index contributed by atoms with van der Waals surface area (Å²) in [5.74, 6) is 0.434. The monoisotopic (exact) mass is 259 g/mol. The van der Waals surface area contributed by atoms with Crippen molar-refractivity contribution in [2.45, 2.75) is 13.3 Å². The van der Waals surface area contributed by atoms with E-state index in [1.165, 1.54) is 6.20 Å². The van der Waals surface area contributed by atoms with Gasteiger partial charge < -0.3 is 15.6 Å². The summed E-state index contributed by atoms with van der Waals surface area (Å²) < 4.78 is 5.60. The van der Waals surface area contributed by atoms with Crippen LogP contribution in [0.5, 0.6) is 11.5 Å². The first kappa shape index (κ1) is 12.8. The normalized spacial score (nSPS) is 10.2. The fourth-order valence-electron chi connectivity index (χ4n) is 1.55. The maximum atomic E-state index is 10.6. The van der Waals surface area contributed by atoms with Gasteiger partial charge in [-0.3, -0.25) is 4.79 Å². The third-order valence-electron chi connectivity index (χ3n) is 2.46. The van der Waals surface area contributed by atoms with Crippen LogP contribution in [0, 0.1) is 6.92 Å². The molecule has 0 bridgehead atoms. The summed E-state index contributed by atoms with van der Waals surface area (Å²) in [6.45, 7) is 1.77. The molecule has 0 unspecified atom stereocenters. The number of benzene rings is 1. The van der Waals surface area contributed by atoms with E-state index < -0.39 is 5.97 Å². The van der Waals surface area contributed by atoms with E-state index in [9.17, 15) is 4.79 Å². The predicted molar refractivity (Wildman–Crippen MR) is 69.0 cm³/mol. The molecule has 0 aliphatic rings. The van der Waals surface area contributed by atoms with E-state index >= 15 is 0 Å². The number of carboxylic acids is 1. The largest absolute Gasteiger partial charge is 0.481 e. The van der Waals surface area contributed by atoms with Gasteiger partial charge in [0.1, 0.15) is 5.75 Å². The molecule has 0 radical (unpaired) electrons. The van der Waals surface area contributed by atoms with Crippen LogP contribution in [-0.2, 0) is 11.2 Å². The summed E-state index contributed by atoms with van der Waals surface area (Å²) in [6.07, 6.45) is 1.49. The van der Waals surface area contributed by atoms with Crippen LogP contribution in [0.2, 0.25) is 0 Å². The van der Waals surface area contributed by atoms with Gasteiger partial charge in [-0.05, 0) is 24.6 Å². The van der Waals surface area contributed by atoms with Crippen molar-refractivity contribution in [3.63, 3.8) is 0 Å². The summed E-state index contributed by atoms with van der Waals surface area (Å²) in [5, 5.41) is 8.67. The van der Waals surface area contributed by atoms with Gasteiger partial charge in [0.2, 0.25) is 5.95 Å². The van der Waals surface area contributed by atoms with Crippen LogP contribution in [0.4, 0.5) is 5.95 Å². The third kappa shape index (κ3) is 3.41. The Balaban J connectivity index is 2.13. The lowest BCUT2D eigenvalue weighted by Gasteiger charge is -2.08. The first-order valence-electron chi connectivity index (χ1n) is 5.62. The van der Waals surface area contributed by atoms with Gasteiger partial charge in [-0.2, -0.15) is 0 Å². The molecule has 19 heavy (non-hydrogen) atoms. The Kier molecular flexibility index (Phi) is 3.61. The number of anilines is 1. The summed E-state index contributed by atoms with van der Waals surface area (Å²) >= 11 is 0. The molecule has 0 aliphatic carbocycles. The number of ether oxygens (including phenoxy) is 1. The number of rotatable bonds is 4. The number of nitrogens with zero attached hydrogens (tertiary/aromatic N) is 2. The Bertz CT molecular complexity index is 597. The number of carbonyl (C=O) groups is 1. The minimum atomic E-state index is -0.864. The topological polar surface area (TPSA) is 98.3 Å². The van der Waals surface area contributed by atoms with Crippen molar-refractivity contribution < 1.29 is 14.6 Å². The molecule has 0 saturated heterocycles. The molecular weight excluding hydrogens is 246 g/mol. The predicted octanol–water partition coefficient (Wildman–Crippen LogP) is 1.79. The summed E-state index contributed by atoms with van der Waals surface area (Å²) in [5.41, 5.74) is 6.81. The van der Waals surface area contributed by atoms with E-state index in [1.807, 2.05) is 0 Å². The van der Waals surface area contributed by atoms with Gasteiger partial charge >= 0.3 is 5.97 Å². The lowest BCUT2D eigenvalue weighted by molar-refractivity contribution is -0.136. The summed E-state index contributed by atoms with van der Waals surface area (Å²) in [7, 11) is 0. The first-order chi connectivity index (χ1) is 9.04. The number of hydrogen-bond acceptors (Lipinski definition) is 5. The number of nitrogen functional groups attached to an aromatic ring is 1. The SMILES string of the molecule is Cc1nc(N)ncc1Oc1ccc(CC(=O)O)cc1. The lowest BCUT2D eigenvalue weighted by atomic mass is 10.1. The molecule has 98 valence electrons. The number of hydrogen-bond donors (Lipinski definition) is 2. The van der Waals surface area contributed by atoms with Gasteiger partial charge in [-0.25, -0.2) is 9.97 Å². The average Bonchev–Trinajstić information content (AvgIpc) is 2.34. The Hall–Kier alpha value is -2.63. The van der Waals surface area contributed by atoms with Crippen LogP contribution in [0.25, 0.3) is 0 Å². The van der Waals surface area contributed by atoms with Crippen molar-refractivity contribution in [3.05, 3.63) is 41.7 Å². The molecule has 2 aromatic rings. The number of aliphatic carboxylic acids is 1. The molecule has 1 heterocycles. The van der Waals surface area contributed by atoms with Crippen LogP contribution < -0.4 is 10.5 Å². The van der Waals surface area contributed by atoms with Crippen molar-refractivity contribution in [2.75, 3.05) is 5.73 Å². The highest BCUT2D eigenvalue weighted by Gasteiger charge is 2.05. The van der Waals surface area contributed by atoms with Crippen LogP contribution >= 0.6 is 0 Å². The minimum absolute atomic E-state index is 0.00963.